The second-order valence-corrected chi connectivity index (χ2v) is 6.24. The highest BCUT2D eigenvalue weighted by molar-refractivity contribution is 6.02. The molecule has 5 nitrogen and oxygen atoms in total. The van der Waals surface area contributed by atoms with Gasteiger partial charge >= 0.3 is 0 Å². The van der Waals surface area contributed by atoms with E-state index in [0.29, 0.717) is 28.8 Å². The standard InChI is InChI=1S/C21H23N3O2/c1-4-24(14-20(25)23-15(2)3)21(26)19-12-8-7-11-18(19)17-10-6-5-9-16(17)13-22/h5-12,15H,4,14H2,1-3H3,(H,23,25). The molecule has 0 heterocycles. The Kier molecular flexibility index (Phi) is 6.51. The van der Waals surface area contributed by atoms with Crippen LogP contribution in [-0.4, -0.2) is 35.8 Å². The Hall–Kier alpha value is -3.13. The number of hydrogen-bond acceptors (Lipinski definition) is 3. The third kappa shape index (κ3) is 4.48. The van der Waals surface area contributed by atoms with Crippen LogP contribution in [0.25, 0.3) is 11.1 Å². The minimum absolute atomic E-state index is 0.00173. The number of nitriles is 1. The van der Waals surface area contributed by atoms with Crippen molar-refractivity contribution >= 4 is 11.8 Å². The number of likely N-dealkylation sites (N-methyl/N-ethyl adjacent to an activating group) is 1. The van der Waals surface area contributed by atoms with Gasteiger partial charge in [0.05, 0.1) is 18.2 Å². The molecule has 1 N–H and O–H groups in total. The van der Waals surface area contributed by atoms with Gasteiger partial charge in [0.2, 0.25) is 5.91 Å². The average molecular weight is 349 g/mol. The zero-order valence-electron chi connectivity index (χ0n) is 15.3. The molecule has 0 radical (unpaired) electrons. The number of nitrogens with one attached hydrogen (secondary N) is 1. The van der Waals surface area contributed by atoms with E-state index in [-0.39, 0.29) is 24.4 Å². The number of hydrogen-bond donors (Lipinski definition) is 1. The molecule has 0 spiro atoms. The Labute approximate surface area is 154 Å². The van der Waals surface area contributed by atoms with Gasteiger partial charge in [-0.25, -0.2) is 0 Å². The Morgan fingerprint density at radius 3 is 2.31 bits per heavy atom. The van der Waals surface area contributed by atoms with Crippen molar-refractivity contribution in [3.63, 3.8) is 0 Å². The number of nitrogens with zero attached hydrogens (tertiary/aromatic N) is 2. The van der Waals surface area contributed by atoms with Gasteiger partial charge < -0.3 is 10.2 Å². The van der Waals surface area contributed by atoms with Crippen molar-refractivity contribution in [3.05, 3.63) is 59.7 Å². The first-order valence-corrected chi connectivity index (χ1v) is 8.65. The van der Waals surface area contributed by atoms with E-state index in [1.54, 1.807) is 24.3 Å². The number of rotatable bonds is 6. The van der Waals surface area contributed by atoms with E-state index in [9.17, 15) is 14.9 Å². The molecule has 0 saturated carbocycles. The molecule has 134 valence electrons. The highest BCUT2D eigenvalue weighted by Crippen LogP contribution is 2.27. The van der Waals surface area contributed by atoms with Crippen molar-refractivity contribution in [2.75, 3.05) is 13.1 Å². The summed E-state index contributed by atoms with van der Waals surface area (Å²) >= 11 is 0. The number of amides is 2. The fourth-order valence-corrected chi connectivity index (χ4v) is 2.76. The minimum atomic E-state index is -0.227. The molecule has 2 rings (SSSR count). The van der Waals surface area contributed by atoms with Crippen molar-refractivity contribution in [1.82, 2.24) is 10.2 Å². The van der Waals surface area contributed by atoms with Crippen LogP contribution in [0.1, 0.15) is 36.7 Å². The van der Waals surface area contributed by atoms with E-state index in [4.69, 9.17) is 0 Å². The molecule has 0 saturated heterocycles. The topological polar surface area (TPSA) is 73.2 Å². The lowest BCUT2D eigenvalue weighted by atomic mass is 9.95. The van der Waals surface area contributed by atoms with Gasteiger partial charge in [-0.05, 0) is 38.5 Å². The van der Waals surface area contributed by atoms with E-state index < -0.39 is 0 Å². The van der Waals surface area contributed by atoms with Crippen LogP contribution in [-0.2, 0) is 4.79 Å². The van der Waals surface area contributed by atoms with Crippen LogP contribution in [0.2, 0.25) is 0 Å². The van der Waals surface area contributed by atoms with Crippen molar-refractivity contribution in [2.45, 2.75) is 26.8 Å². The molecule has 0 atom stereocenters. The van der Waals surface area contributed by atoms with Gasteiger partial charge in [0.25, 0.3) is 5.91 Å². The molecule has 0 bridgehead atoms. The molecule has 0 fully saturated rings. The molecule has 2 aromatic rings. The van der Waals surface area contributed by atoms with Crippen LogP contribution in [0.3, 0.4) is 0 Å². The lowest BCUT2D eigenvalue weighted by Gasteiger charge is -2.22. The van der Waals surface area contributed by atoms with Gasteiger partial charge in [0.1, 0.15) is 0 Å². The van der Waals surface area contributed by atoms with Crippen LogP contribution in [0, 0.1) is 11.3 Å². The van der Waals surface area contributed by atoms with Crippen molar-refractivity contribution in [2.24, 2.45) is 0 Å². The molecule has 0 aliphatic heterocycles. The quantitative estimate of drug-likeness (QED) is 0.870. The van der Waals surface area contributed by atoms with Gasteiger partial charge in [0, 0.05) is 23.7 Å². The predicted octanol–water partition coefficient (Wildman–Crippen LogP) is 3.21. The summed E-state index contributed by atoms with van der Waals surface area (Å²) in [6, 6.07) is 16.5. The maximum absolute atomic E-state index is 13.1. The van der Waals surface area contributed by atoms with E-state index in [0.717, 1.165) is 0 Å². The molecule has 0 aliphatic rings. The molecule has 2 aromatic carbocycles. The van der Waals surface area contributed by atoms with Crippen LogP contribution in [0.4, 0.5) is 0 Å². The number of carbonyl (C=O) groups excluding carboxylic acids is 2. The largest absolute Gasteiger partial charge is 0.352 e. The molecular weight excluding hydrogens is 326 g/mol. The van der Waals surface area contributed by atoms with E-state index in [1.165, 1.54) is 4.90 Å². The summed E-state index contributed by atoms with van der Waals surface area (Å²) in [4.78, 5) is 26.6. The summed E-state index contributed by atoms with van der Waals surface area (Å²) in [6.07, 6.45) is 0. The fraction of sp³-hybridized carbons (Fsp3) is 0.286. The first-order valence-electron chi connectivity index (χ1n) is 8.65. The Morgan fingerprint density at radius 1 is 1.08 bits per heavy atom. The van der Waals surface area contributed by atoms with Gasteiger partial charge in [-0.15, -0.1) is 0 Å². The molecule has 26 heavy (non-hydrogen) atoms. The predicted molar refractivity (Wildman–Crippen MR) is 101 cm³/mol. The van der Waals surface area contributed by atoms with Crippen molar-refractivity contribution < 1.29 is 9.59 Å². The number of carbonyl (C=O) groups is 2. The average Bonchev–Trinajstić information content (AvgIpc) is 2.65. The molecule has 5 heteroatoms. The van der Waals surface area contributed by atoms with E-state index in [1.807, 2.05) is 45.0 Å². The summed E-state index contributed by atoms with van der Waals surface area (Å²) < 4.78 is 0. The minimum Gasteiger partial charge on any atom is -0.352 e. The van der Waals surface area contributed by atoms with Crippen LogP contribution in [0.5, 0.6) is 0 Å². The third-order valence-electron chi connectivity index (χ3n) is 3.95. The molecule has 0 unspecified atom stereocenters. The Morgan fingerprint density at radius 2 is 1.69 bits per heavy atom. The number of benzene rings is 2. The summed E-state index contributed by atoms with van der Waals surface area (Å²) in [6.45, 7) is 6.01. The van der Waals surface area contributed by atoms with Gasteiger partial charge in [-0.2, -0.15) is 5.26 Å². The maximum Gasteiger partial charge on any atom is 0.254 e. The summed E-state index contributed by atoms with van der Waals surface area (Å²) in [7, 11) is 0. The fourth-order valence-electron chi connectivity index (χ4n) is 2.76. The lowest BCUT2D eigenvalue weighted by molar-refractivity contribution is -0.122. The zero-order valence-corrected chi connectivity index (χ0v) is 15.3. The summed E-state index contributed by atoms with van der Waals surface area (Å²) in [5, 5.41) is 12.2. The monoisotopic (exact) mass is 349 g/mol. The van der Waals surface area contributed by atoms with Crippen molar-refractivity contribution in [1.29, 1.82) is 5.26 Å². The zero-order chi connectivity index (χ0) is 19.1. The van der Waals surface area contributed by atoms with E-state index >= 15 is 0 Å². The highest BCUT2D eigenvalue weighted by Gasteiger charge is 2.21. The van der Waals surface area contributed by atoms with Crippen LogP contribution in [0.15, 0.2) is 48.5 Å². The third-order valence-corrected chi connectivity index (χ3v) is 3.95. The SMILES string of the molecule is CCN(CC(=O)NC(C)C)C(=O)c1ccccc1-c1ccccc1C#N. The normalized spacial score (nSPS) is 10.3. The Balaban J connectivity index is 2.38. The summed E-state index contributed by atoms with van der Waals surface area (Å²) in [5.41, 5.74) is 2.39. The Bertz CT molecular complexity index is 837. The molecular formula is C21H23N3O2. The first-order chi connectivity index (χ1) is 12.5. The second-order valence-electron chi connectivity index (χ2n) is 6.24. The second kappa shape index (κ2) is 8.82. The molecule has 0 aliphatic carbocycles. The maximum atomic E-state index is 13.1. The van der Waals surface area contributed by atoms with Crippen molar-refractivity contribution in [3.8, 4) is 17.2 Å². The van der Waals surface area contributed by atoms with Crippen LogP contribution < -0.4 is 5.32 Å². The van der Waals surface area contributed by atoms with Gasteiger partial charge in [-0.3, -0.25) is 9.59 Å². The van der Waals surface area contributed by atoms with Gasteiger partial charge in [0.15, 0.2) is 0 Å². The lowest BCUT2D eigenvalue weighted by Crippen LogP contribution is -2.42. The van der Waals surface area contributed by atoms with Crippen LogP contribution >= 0.6 is 0 Å². The smallest absolute Gasteiger partial charge is 0.254 e. The molecule has 0 aromatic heterocycles. The highest BCUT2D eigenvalue weighted by atomic mass is 16.2. The molecule has 2 amide bonds. The van der Waals surface area contributed by atoms with Gasteiger partial charge in [-0.1, -0.05) is 36.4 Å². The summed E-state index contributed by atoms with van der Waals surface area (Å²) in [5.74, 6) is -0.417. The van der Waals surface area contributed by atoms with E-state index in [2.05, 4.69) is 11.4 Å². The first kappa shape index (κ1) is 19.2.